The van der Waals surface area contributed by atoms with Crippen molar-refractivity contribution in [3.63, 3.8) is 0 Å². The third kappa shape index (κ3) is 1.12. The standard InChI is InChI=1S/C11H16O/c1-7-3-4-9-6-10(7)11(12)5-8(9)2/h3,8-10H,4-6H2,1-2H3. The summed E-state index contributed by atoms with van der Waals surface area (Å²) in [7, 11) is 0. The van der Waals surface area contributed by atoms with E-state index in [0.717, 1.165) is 18.8 Å². The van der Waals surface area contributed by atoms with E-state index < -0.39 is 0 Å². The number of carbonyl (C=O) groups is 1. The van der Waals surface area contributed by atoms with Crippen LogP contribution in [0, 0.1) is 17.8 Å². The number of carbonyl (C=O) groups excluding carboxylic acids is 1. The molecule has 0 saturated heterocycles. The molecular weight excluding hydrogens is 148 g/mol. The average Bonchev–Trinajstić information content (AvgIpc) is 2.03. The molecule has 0 radical (unpaired) electrons. The van der Waals surface area contributed by atoms with E-state index >= 15 is 0 Å². The van der Waals surface area contributed by atoms with Crippen LogP contribution in [0.1, 0.15) is 33.1 Å². The van der Waals surface area contributed by atoms with E-state index in [1.54, 1.807) is 0 Å². The summed E-state index contributed by atoms with van der Waals surface area (Å²) in [6.07, 6.45) is 5.42. The Morgan fingerprint density at radius 1 is 1.50 bits per heavy atom. The number of ketones is 1. The monoisotopic (exact) mass is 164 g/mol. The van der Waals surface area contributed by atoms with Gasteiger partial charge >= 0.3 is 0 Å². The van der Waals surface area contributed by atoms with Crippen LogP contribution in [0.15, 0.2) is 11.6 Å². The maximum absolute atomic E-state index is 11.6. The summed E-state index contributed by atoms with van der Waals surface area (Å²) in [5.74, 6) is 2.18. The molecule has 66 valence electrons. The molecule has 3 atom stereocenters. The van der Waals surface area contributed by atoms with Gasteiger partial charge in [0.15, 0.2) is 0 Å². The highest BCUT2D eigenvalue weighted by Crippen LogP contribution is 2.40. The molecule has 2 rings (SSSR count). The normalized spacial score (nSPS) is 41.0. The van der Waals surface area contributed by atoms with Crippen molar-refractivity contribution in [1.82, 2.24) is 0 Å². The third-order valence-electron chi connectivity index (χ3n) is 3.55. The summed E-state index contributed by atoms with van der Waals surface area (Å²) in [4.78, 5) is 11.6. The van der Waals surface area contributed by atoms with Crippen molar-refractivity contribution in [2.45, 2.75) is 33.1 Å². The molecule has 2 bridgehead atoms. The van der Waals surface area contributed by atoms with Crippen LogP contribution in [0.5, 0.6) is 0 Å². The Balaban J connectivity index is 2.26. The minimum Gasteiger partial charge on any atom is -0.299 e. The predicted molar refractivity (Wildman–Crippen MR) is 48.8 cm³/mol. The van der Waals surface area contributed by atoms with Gasteiger partial charge in [-0.2, -0.15) is 0 Å². The fourth-order valence-corrected chi connectivity index (χ4v) is 2.54. The van der Waals surface area contributed by atoms with E-state index in [2.05, 4.69) is 19.9 Å². The number of allylic oxidation sites excluding steroid dienone is 2. The zero-order chi connectivity index (χ0) is 8.72. The smallest absolute Gasteiger partial charge is 0.140 e. The van der Waals surface area contributed by atoms with Crippen LogP contribution in [-0.2, 0) is 4.79 Å². The van der Waals surface area contributed by atoms with Crippen LogP contribution < -0.4 is 0 Å². The molecule has 0 heterocycles. The maximum atomic E-state index is 11.6. The molecule has 3 unspecified atom stereocenters. The van der Waals surface area contributed by atoms with Gasteiger partial charge in [-0.15, -0.1) is 0 Å². The molecule has 2 aliphatic rings. The zero-order valence-corrected chi connectivity index (χ0v) is 7.84. The highest BCUT2D eigenvalue weighted by molar-refractivity contribution is 5.84. The first kappa shape index (κ1) is 8.03. The molecule has 0 amide bonds. The van der Waals surface area contributed by atoms with Gasteiger partial charge in [-0.05, 0) is 31.6 Å². The topological polar surface area (TPSA) is 17.1 Å². The van der Waals surface area contributed by atoms with Gasteiger partial charge in [0.1, 0.15) is 5.78 Å². The van der Waals surface area contributed by atoms with Crippen LogP contribution in [-0.4, -0.2) is 5.78 Å². The van der Waals surface area contributed by atoms with E-state index in [9.17, 15) is 4.79 Å². The SMILES string of the molecule is CC1=CCC2CC1C(=O)CC2C. The lowest BCUT2D eigenvalue weighted by molar-refractivity contribution is -0.126. The summed E-state index contributed by atoms with van der Waals surface area (Å²) in [6, 6.07) is 0. The van der Waals surface area contributed by atoms with Crippen molar-refractivity contribution in [1.29, 1.82) is 0 Å². The summed E-state index contributed by atoms with van der Waals surface area (Å²) < 4.78 is 0. The van der Waals surface area contributed by atoms with Gasteiger partial charge in [-0.25, -0.2) is 0 Å². The largest absolute Gasteiger partial charge is 0.299 e. The fourth-order valence-electron chi connectivity index (χ4n) is 2.54. The van der Waals surface area contributed by atoms with Gasteiger partial charge in [0.25, 0.3) is 0 Å². The summed E-state index contributed by atoms with van der Waals surface area (Å²) >= 11 is 0. The number of fused-ring (bicyclic) bond motifs is 2. The summed E-state index contributed by atoms with van der Waals surface area (Å²) in [5.41, 5.74) is 1.32. The molecule has 1 heteroatoms. The van der Waals surface area contributed by atoms with Crippen LogP contribution in [0.2, 0.25) is 0 Å². The van der Waals surface area contributed by atoms with E-state index in [0.29, 0.717) is 17.6 Å². The van der Waals surface area contributed by atoms with Crippen LogP contribution >= 0.6 is 0 Å². The number of hydrogen-bond acceptors (Lipinski definition) is 1. The van der Waals surface area contributed by atoms with E-state index in [4.69, 9.17) is 0 Å². The Hall–Kier alpha value is -0.590. The van der Waals surface area contributed by atoms with Crippen molar-refractivity contribution in [3.05, 3.63) is 11.6 Å². The lowest BCUT2D eigenvalue weighted by Crippen LogP contribution is -2.33. The van der Waals surface area contributed by atoms with Crippen LogP contribution in [0.25, 0.3) is 0 Å². The van der Waals surface area contributed by atoms with Gasteiger partial charge in [0.05, 0.1) is 0 Å². The molecule has 1 nitrogen and oxygen atoms in total. The Morgan fingerprint density at radius 2 is 2.25 bits per heavy atom. The molecule has 0 aromatic rings. The fraction of sp³-hybridized carbons (Fsp3) is 0.727. The minimum absolute atomic E-state index is 0.292. The Kier molecular flexibility index (Phi) is 1.82. The lowest BCUT2D eigenvalue weighted by Gasteiger charge is -2.36. The molecule has 0 aliphatic heterocycles. The number of rotatable bonds is 0. The Bertz CT molecular complexity index is 239. The van der Waals surface area contributed by atoms with Gasteiger partial charge < -0.3 is 0 Å². The molecule has 0 aromatic heterocycles. The molecule has 0 N–H and O–H groups in total. The minimum atomic E-state index is 0.292. The first-order valence-electron chi connectivity index (χ1n) is 4.88. The molecule has 0 aromatic carbocycles. The molecule has 1 saturated carbocycles. The predicted octanol–water partition coefficient (Wildman–Crippen LogP) is 2.57. The molecule has 2 aliphatic carbocycles. The summed E-state index contributed by atoms with van der Waals surface area (Å²) in [5, 5.41) is 0. The van der Waals surface area contributed by atoms with Crippen molar-refractivity contribution in [2.75, 3.05) is 0 Å². The van der Waals surface area contributed by atoms with Crippen molar-refractivity contribution < 1.29 is 4.79 Å². The molecule has 12 heavy (non-hydrogen) atoms. The first-order valence-corrected chi connectivity index (χ1v) is 4.88. The van der Waals surface area contributed by atoms with Crippen molar-refractivity contribution >= 4 is 5.78 Å². The van der Waals surface area contributed by atoms with Gasteiger partial charge in [-0.3, -0.25) is 4.79 Å². The molecular formula is C11H16O. The zero-order valence-electron chi connectivity index (χ0n) is 7.84. The Labute approximate surface area is 73.8 Å². The highest BCUT2D eigenvalue weighted by Gasteiger charge is 2.36. The van der Waals surface area contributed by atoms with Crippen molar-refractivity contribution in [2.24, 2.45) is 17.8 Å². The third-order valence-corrected chi connectivity index (χ3v) is 3.55. The van der Waals surface area contributed by atoms with Gasteiger partial charge in [0.2, 0.25) is 0 Å². The summed E-state index contributed by atoms with van der Waals surface area (Å²) in [6.45, 7) is 4.32. The average molecular weight is 164 g/mol. The second kappa shape index (κ2) is 2.72. The van der Waals surface area contributed by atoms with Crippen molar-refractivity contribution in [3.8, 4) is 0 Å². The molecule has 0 spiro atoms. The highest BCUT2D eigenvalue weighted by atomic mass is 16.1. The second-order valence-corrected chi connectivity index (χ2v) is 4.38. The second-order valence-electron chi connectivity index (χ2n) is 4.38. The Morgan fingerprint density at radius 3 is 3.00 bits per heavy atom. The van der Waals surface area contributed by atoms with Crippen LogP contribution in [0.4, 0.5) is 0 Å². The maximum Gasteiger partial charge on any atom is 0.140 e. The number of hydrogen-bond donors (Lipinski definition) is 0. The van der Waals surface area contributed by atoms with E-state index in [1.165, 1.54) is 12.0 Å². The van der Waals surface area contributed by atoms with Gasteiger partial charge in [0, 0.05) is 12.3 Å². The first-order chi connectivity index (χ1) is 5.68. The van der Waals surface area contributed by atoms with E-state index in [-0.39, 0.29) is 0 Å². The van der Waals surface area contributed by atoms with E-state index in [1.807, 2.05) is 0 Å². The quantitative estimate of drug-likeness (QED) is 0.503. The molecule has 1 fully saturated rings. The van der Waals surface area contributed by atoms with Gasteiger partial charge in [-0.1, -0.05) is 18.6 Å². The lowest BCUT2D eigenvalue weighted by atomic mass is 9.67. The number of Topliss-reactive ketones (excluding diaryl/α,β-unsaturated/α-hetero) is 1. The van der Waals surface area contributed by atoms with Crippen LogP contribution in [0.3, 0.4) is 0 Å².